The number of likely N-dealkylation sites (tertiary alicyclic amines) is 2. The summed E-state index contributed by atoms with van der Waals surface area (Å²) in [4.78, 5) is 27.0. The van der Waals surface area contributed by atoms with Crippen molar-refractivity contribution in [3.63, 3.8) is 0 Å². The first-order valence-corrected chi connectivity index (χ1v) is 8.36. The van der Waals surface area contributed by atoms with Crippen LogP contribution in [0.1, 0.15) is 51.4 Å². The van der Waals surface area contributed by atoms with Crippen LogP contribution in [0.3, 0.4) is 0 Å². The predicted octanol–water partition coefficient (Wildman–Crippen LogP) is 2.56. The highest BCUT2D eigenvalue weighted by atomic mass is 16.4. The van der Waals surface area contributed by atoms with E-state index in [1.807, 2.05) is 0 Å². The zero-order valence-corrected chi connectivity index (χ0v) is 12.7. The van der Waals surface area contributed by atoms with E-state index in [1.54, 1.807) is 0 Å². The molecule has 3 aliphatic rings. The van der Waals surface area contributed by atoms with Gasteiger partial charge in [-0.1, -0.05) is 0 Å². The summed E-state index contributed by atoms with van der Waals surface area (Å²) in [5.74, 6) is 0.608. The zero-order valence-electron chi connectivity index (χ0n) is 12.7. The lowest BCUT2D eigenvalue weighted by molar-refractivity contribution is -0.136. The summed E-state index contributed by atoms with van der Waals surface area (Å²) in [5.41, 5.74) is 0.313. The Hall–Kier alpha value is -1.26. The average Bonchev–Trinajstić information content (AvgIpc) is 3.02. The van der Waals surface area contributed by atoms with Crippen molar-refractivity contribution in [2.75, 3.05) is 26.2 Å². The van der Waals surface area contributed by atoms with Gasteiger partial charge in [0.25, 0.3) is 0 Å². The Morgan fingerprint density at radius 2 is 1.43 bits per heavy atom. The molecule has 1 saturated carbocycles. The normalized spacial score (nSPS) is 26.3. The van der Waals surface area contributed by atoms with Gasteiger partial charge < -0.3 is 14.9 Å². The summed E-state index contributed by atoms with van der Waals surface area (Å²) >= 11 is 0. The van der Waals surface area contributed by atoms with E-state index in [4.69, 9.17) is 5.11 Å². The molecule has 5 nitrogen and oxygen atoms in total. The second-order valence-electron chi connectivity index (χ2n) is 7.08. The topological polar surface area (TPSA) is 60.9 Å². The minimum absolute atomic E-state index is 0.228. The number of amides is 2. The molecule has 2 heterocycles. The van der Waals surface area contributed by atoms with E-state index in [9.17, 15) is 9.59 Å². The highest BCUT2D eigenvalue weighted by Crippen LogP contribution is 2.46. The van der Waals surface area contributed by atoms with Crippen LogP contribution in [0.4, 0.5) is 4.79 Å². The van der Waals surface area contributed by atoms with Crippen LogP contribution in [-0.4, -0.2) is 53.1 Å². The van der Waals surface area contributed by atoms with Crippen LogP contribution in [-0.2, 0) is 4.79 Å². The third-order valence-corrected chi connectivity index (χ3v) is 5.91. The summed E-state index contributed by atoms with van der Waals surface area (Å²) in [7, 11) is 0. The minimum atomic E-state index is -0.789. The standard InChI is InChI=1S/C16H26N2O3/c19-14(17-9-1-2-10-17)13-3-5-16(6-4-13)7-11-18(12-8-16)15(20)21/h13H,1-12H2,(H,20,21). The Labute approximate surface area is 126 Å². The third kappa shape index (κ3) is 3.01. The van der Waals surface area contributed by atoms with Crippen LogP contribution >= 0.6 is 0 Å². The van der Waals surface area contributed by atoms with E-state index in [2.05, 4.69) is 4.90 Å². The molecule has 0 unspecified atom stereocenters. The van der Waals surface area contributed by atoms with E-state index >= 15 is 0 Å². The smallest absolute Gasteiger partial charge is 0.407 e. The highest BCUT2D eigenvalue weighted by molar-refractivity contribution is 5.79. The molecule has 0 radical (unpaired) electrons. The molecule has 0 bridgehead atoms. The molecular weight excluding hydrogens is 268 g/mol. The summed E-state index contributed by atoms with van der Waals surface area (Å²) < 4.78 is 0. The lowest BCUT2D eigenvalue weighted by Gasteiger charge is -2.45. The molecule has 0 aromatic rings. The van der Waals surface area contributed by atoms with Gasteiger partial charge in [-0.15, -0.1) is 0 Å². The second-order valence-corrected chi connectivity index (χ2v) is 7.08. The molecule has 1 N–H and O–H groups in total. The van der Waals surface area contributed by atoms with Crippen LogP contribution in [0, 0.1) is 11.3 Å². The number of nitrogens with zero attached hydrogens (tertiary/aromatic N) is 2. The maximum Gasteiger partial charge on any atom is 0.407 e. The van der Waals surface area contributed by atoms with Crippen molar-refractivity contribution >= 4 is 12.0 Å². The van der Waals surface area contributed by atoms with Crippen LogP contribution in [0.25, 0.3) is 0 Å². The number of hydrogen-bond donors (Lipinski definition) is 1. The van der Waals surface area contributed by atoms with Gasteiger partial charge in [0.05, 0.1) is 0 Å². The number of hydrogen-bond acceptors (Lipinski definition) is 2. The molecule has 0 aromatic carbocycles. The lowest BCUT2D eigenvalue weighted by atomic mass is 9.65. The summed E-state index contributed by atoms with van der Waals surface area (Å²) in [5, 5.41) is 9.04. The van der Waals surface area contributed by atoms with Gasteiger partial charge >= 0.3 is 6.09 Å². The van der Waals surface area contributed by atoms with Gasteiger partial charge in [-0.2, -0.15) is 0 Å². The molecule has 3 fully saturated rings. The monoisotopic (exact) mass is 294 g/mol. The third-order valence-electron chi connectivity index (χ3n) is 5.91. The fraction of sp³-hybridized carbons (Fsp3) is 0.875. The van der Waals surface area contributed by atoms with Crippen molar-refractivity contribution in [2.24, 2.45) is 11.3 Å². The predicted molar refractivity (Wildman–Crippen MR) is 79.0 cm³/mol. The van der Waals surface area contributed by atoms with E-state index in [0.717, 1.165) is 64.5 Å². The van der Waals surface area contributed by atoms with Crippen molar-refractivity contribution in [1.29, 1.82) is 0 Å². The first-order chi connectivity index (χ1) is 10.1. The molecule has 2 amide bonds. The number of rotatable bonds is 1. The van der Waals surface area contributed by atoms with E-state index in [0.29, 0.717) is 24.4 Å². The Kier molecular flexibility index (Phi) is 4.09. The van der Waals surface area contributed by atoms with Gasteiger partial charge in [-0.3, -0.25) is 4.79 Å². The fourth-order valence-corrected chi connectivity index (χ4v) is 4.35. The Morgan fingerprint density at radius 3 is 1.95 bits per heavy atom. The summed E-state index contributed by atoms with van der Waals surface area (Å²) in [6.07, 6.45) is 7.69. The lowest BCUT2D eigenvalue weighted by Crippen LogP contribution is -2.45. The molecule has 21 heavy (non-hydrogen) atoms. The fourth-order valence-electron chi connectivity index (χ4n) is 4.35. The van der Waals surface area contributed by atoms with Crippen LogP contribution in [0.15, 0.2) is 0 Å². The van der Waals surface area contributed by atoms with Crippen molar-refractivity contribution in [3.8, 4) is 0 Å². The Morgan fingerprint density at radius 1 is 0.857 bits per heavy atom. The van der Waals surface area contributed by atoms with Crippen molar-refractivity contribution in [3.05, 3.63) is 0 Å². The van der Waals surface area contributed by atoms with Gasteiger partial charge in [-0.05, 0) is 56.8 Å². The molecule has 2 aliphatic heterocycles. The van der Waals surface area contributed by atoms with Crippen molar-refractivity contribution < 1.29 is 14.7 Å². The Bertz CT molecular complexity index is 400. The highest BCUT2D eigenvalue weighted by Gasteiger charge is 2.41. The van der Waals surface area contributed by atoms with Crippen molar-refractivity contribution in [1.82, 2.24) is 9.80 Å². The number of piperidine rings is 1. The maximum atomic E-state index is 12.5. The number of carbonyl (C=O) groups excluding carboxylic acids is 1. The number of carbonyl (C=O) groups is 2. The zero-order chi connectivity index (χ0) is 14.9. The van der Waals surface area contributed by atoms with Crippen LogP contribution in [0.5, 0.6) is 0 Å². The molecule has 3 rings (SSSR count). The molecule has 2 saturated heterocycles. The van der Waals surface area contributed by atoms with E-state index < -0.39 is 6.09 Å². The molecule has 1 aliphatic carbocycles. The first kappa shape index (κ1) is 14.7. The maximum absolute atomic E-state index is 12.5. The van der Waals surface area contributed by atoms with E-state index in [1.165, 1.54) is 4.90 Å². The van der Waals surface area contributed by atoms with Gasteiger partial charge in [0.2, 0.25) is 5.91 Å². The van der Waals surface area contributed by atoms with Crippen molar-refractivity contribution in [2.45, 2.75) is 51.4 Å². The SMILES string of the molecule is O=C(O)N1CCC2(CCC(C(=O)N3CCCC3)CC2)CC1. The van der Waals surface area contributed by atoms with Gasteiger partial charge in [0.1, 0.15) is 0 Å². The van der Waals surface area contributed by atoms with Gasteiger partial charge in [0, 0.05) is 32.1 Å². The molecule has 1 spiro atoms. The molecule has 118 valence electrons. The molecular formula is C16H26N2O3. The number of carboxylic acid groups (broad SMARTS) is 1. The van der Waals surface area contributed by atoms with Gasteiger partial charge in [-0.25, -0.2) is 4.79 Å². The minimum Gasteiger partial charge on any atom is -0.465 e. The molecule has 5 heteroatoms. The first-order valence-electron chi connectivity index (χ1n) is 8.36. The van der Waals surface area contributed by atoms with Gasteiger partial charge in [0.15, 0.2) is 0 Å². The molecule has 0 atom stereocenters. The average molecular weight is 294 g/mol. The summed E-state index contributed by atoms with van der Waals surface area (Å²) in [6, 6.07) is 0. The summed E-state index contributed by atoms with van der Waals surface area (Å²) in [6.45, 7) is 3.24. The largest absolute Gasteiger partial charge is 0.465 e. The van der Waals surface area contributed by atoms with Crippen LogP contribution < -0.4 is 0 Å². The second kappa shape index (κ2) is 5.85. The Balaban J connectivity index is 1.51. The van der Waals surface area contributed by atoms with Crippen LogP contribution in [0.2, 0.25) is 0 Å². The van der Waals surface area contributed by atoms with E-state index in [-0.39, 0.29) is 5.92 Å². The quantitative estimate of drug-likeness (QED) is 0.808. The molecule has 0 aromatic heterocycles.